The fourth-order valence-corrected chi connectivity index (χ4v) is 2.15. The summed E-state index contributed by atoms with van der Waals surface area (Å²) in [6.45, 7) is 5.85. The molecule has 1 fully saturated rings. The van der Waals surface area contributed by atoms with E-state index in [0.717, 1.165) is 26.3 Å². The van der Waals surface area contributed by atoms with Crippen LogP contribution in [0.5, 0.6) is 0 Å². The molecule has 14 heavy (non-hydrogen) atoms. The van der Waals surface area contributed by atoms with Crippen LogP contribution in [0.25, 0.3) is 0 Å². The highest BCUT2D eigenvalue weighted by atomic mass is 16.5. The summed E-state index contributed by atoms with van der Waals surface area (Å²) in [5, 5.41) is 0. The minimum atomic E-state index is 0.435. The van der Waals surface area contributed by atoms with Crippen LogP contribution in [0.3, 0.4) is 0 Å². The molecule has 3 nitrogen and oxygen atoms in total. The van der Waals surface area contributed by atoms with E-state index >= 15 is 0 Å². The van der Waals surface area contributed by atoms with Gasteiger partial charge in [0.05, 0.1) is 6.61 Å². The Morgan fingerprint density at radius 3 is 2.79 bits per heavy atom. The molecule has 84 valence electrons. The fraction of sp³-hybridized carbons (Fsp3) is 1.00. The zero-order valence-corrected chi connectivity index (χ0v) is 9.54. The van der Waals surface area contributed by atoms with Crippen molar-refractivity contribution in [2.75, 3.05) is 33.4 Å². The van der Waals surface area contributed by atoms with Gasteiger partial charge in [-0.25, -0.2) is 0 Å². The standard InChI is InChI=1S/C11H24N2O/c1-3-14-8-7-13(2)9-10-5-4-6-11(10)12/h10-11H,3-9,12H2,1-2H3. The Morgan fingerprint density at radius 1 is 1.43 bits per heavy atom. The predicted octanol–water partition coefficient (Wildman–Crippen LogP) is 1.08. The predicted molar refractivity (Wildman–Crippen MR) is 59.3 cm³/mol. The summed E-state index contributed by atoms with van der Waals surface area (Å²) < 4.78 is 5.32. The van der Waals surface area contributed by atoms with E-state index in [1.54, 1.807) is 0 Å². The first kappa shape index (κ1) is 12.0. The van der Waals surface area contributed by atoms with E-state index in [4.69, 9.17) is 10.5 Å². The summed E-state index contributed by atoms with van der Waals surface area (Å²) in [5.41, 5.74) is 6.02. The lowest BCUT2D eigenvalue weighted by atomic mass is 10.0. The molecule has 0 amide bonds. The number of nitrogens with two attached hydrogens (primary N) is 1. The normalized spacial score (nSPS) is 27.4. The second kappa shape index (κ2) is 6.38. The zero-order valence-electron chi connectivity index (χ0n) is 9.54. The summed E-state index contributed by atoms with van der Waals surface area (Å²) in [5.74, 6) is 0.710. The molecule has 1 aliphatic rings. The molecule has 0 aromatic heterocycles. The smallest absolute Gasteiger partial charge is 0.0593 e. The average Bonchev–Trinajstić information content (AvgIpc) is 2.52. The molecule has 0 aliphatic heterocycles. The molecule has 0 radical (unpaired) electrons. The first-order valence-corrected chi connectivity index (χ1v) is 5.76. The van der Waals surface area contributed by atoms with Gasteiger partial charge in [0.15, 0.2) is 0 Å². The van der Waals surface area contributed by atoms with Gasteiger partial charge >= 0.3 is 0 Å². The van der Waals surface area contributed by atoms with Crippen molar-refractivity contribution in [2.45, 2.75) is 32.2 Å². The molecule has 2 atom stereocenters. The highest BCUT2D eigenvalue weighted by molar-refractivity contribution is 4.81. The molecule has 3 heteroatoms. The number of likely N-dealkylation sites (N-methyl/N-ethyl adjacent to an activating group) is 1. The van der Waals surface area contributed by atoms with E-state index in [1.807, 2.05) is 6.92 Å². The van der Waals surface area contributed by atoms with E-state index in [1.165, 1.54) is 19.3 Å². The van der Waals surface area contributed by atoms with Crippen molar-refractivity contribution in [1.82, 2.24) is 4.90 Å². The van der Waals surface area contributed by atoms with Gasteiger partial charge in [0.2, 0.25) is 0 Å². The van der Waals surface area contributed by atoms with Crippen molar-refractivity contribution in [1.29, 1.82) is 0 Å². The van der Waals surface area contributed by atoms with Crippen molar-refractivity contribution in [2.24, 2.45) is 11.7 Å². The molecule has 0 heterocycles. The first-order chi connectivity index (χ1) is 6.74. The second-order valence-electron chi connectivity index (χ2n) is 4.31. The van der Waals surface area contributed by atoms with Gasteiger partial charge in [-0.05, 0) is 32.7 Å². The Balaban J connectivity index is 2.09. The van der Waals surface area contributed by atoms with Crippen LogP contribution >= 0.6 is 0 Å². The number of rotatable bonds is 6. The minimum Gasteiger partial charge on any atom is -0.380 e. The Morgan fingerprint density at radius 2 is 2.21 bits per heavy atom. The molecule has 1 saturated carbocycles. The van der Waals surface area contributed by atoms with Crippen molar-refractivity contribution < 1.29 is 4.74 Å². The molecule has 1 rings (SSSR count). The van der Waals surface area contributed by atoms with Gasteiger partial charge in [-0.1, -0.05) is 6.42 Å². The molecule has 0 aromatic rings. The topological polar surface area (TPSA) is 38.5 Å². The number of ether oxygens (including phenoxy) is 1. The van der Waals surface area contributed by atoms with Crippen molar-refractivity contribution in [3.05, 3.63) is 0 Å². The van der Waals surface area contributed by atoms with Gasteiger partial charge in [0.1, 0.15) is 0 Å². The van der Waals surface area contributed by atoms with E-state index in [-0.39, 0.29) is 0 Å². The lowest BCUT2D eigenvalue weighted by Crippen LogP contribution is -2.35. The minimum absolute atomic E-state index is 0.435. The van der Waals surface area contributed by atoms with Gasteiger partial charge in [0, 0.05) is 25.7 Å². The third-order valence-corrected chi connectivity index (χ3v) is 3.09. The largest absolute Gasteiger partial charge is 0.380 e. The van der Waals surface area contributed by atoms with Crippen LogP contribution < -0.4 is 5.73 Å². The lowest BCUT2D eigenvalue weighted by Gasteiger charge is -2.23. The molecule has 0 saturated heterocycles. The van der Waals surface area contributed by atoms with Crippen LogP contribution in [0.2, 0.25) is 0 Å². The monoisotopic (exact) mass is 200 g/mol. The highest BCUT2D eigenvalue weighted by Crippen LogP contribution is 2.24. The maximum atomic E-state index is 6.02. The molecule has 2 N–H and O–H groups in total. The number of hydrogen-bond acceptors (Lipinski definition) is 3. The maximum Gasteiger partial charge on any atom is 0.0593 e. The van der Waals surface area contributed by atoms with Crippen LogP contribution in [0.15, 0.2) is 0 Å². The van der Waals surface area contributed by atoms with Gasteiger partial charge < -0.3 is 15.4 Å². The Hall–Kier alpha value is -0.120. The van der Waals surface area contributed by atoms with Gasteiger partial charge in [0.25, 0.3) is 0 Å². The Labute approximate surface area is 87.6 Å². The van der Waals surface area contributed by atoms with Crippen molar-refractivity contribution >= 4 is 0 Å². The van der Waals surface area contributed by atoms with Gasteiger partial charge in [-0.3, -0.25) is 0 Å². The fourth-order valence-electron chi connectivity index (χ4n) is 2.15. The van der Waals surface area contributed by atoms with E-state index < -0.39 is 0 Å². The summed E-state index contributed by atoms with van der Waals surface area (Å²) in [6.07, 6.45) is 3.83. The maximum absolute atomic E-state index is 6.02. The summed E-state index contributed by atoms with van der Waals surface area (Å²) in [7, 11) is 2.16. The number of nitrogens with zero attached hydrogens (tertiary/aromatic N) is 1. The van der Waals surface area contributed by atoms with E-state index in [2.05, 4.69) is 11.9 Å². The van der Waals surface area contributed by atoms with Crippen LogP contribution in [0, 0.1) is 5.92 Å². The third-order valence-electron chi connectivity index (χ3n) is 3.09. The number of hydrogen-bond donors (Lipinski definition) is 1. The van der Waals surface area contributed by atoms with Crippen LogP contribution in [-0.2, 0) is 4.74 Å². The molecule has 2 unspecified atom stereocenters. The second-order valence-corrected chi connectivity index (χ2v) is 4.31. The van der Waals surface area contributed by atoms with Crippen LogP contribution in [0.1, 0.15) is 26.2 Å². The van der Waals surface area contributed by atoms with Crippen molar-refractivity contribution in [3.8, 4) is 0 Å². The van der Waals surface area contributed by atoms with Gasteiger partial charge in [-0.2, -0.15) is 0 Å². The quantitative estimate of drug-likeness (QED) is 0.652. The van der Waals surface area contributed by atoms with Crippen molar-refractivity contribution in [3.63, 3.8) is 0 Å². The van der Waals surface area contributed by atoms with Crippen LogP contribution in [-0.4, -0.2) is 44.3 Å². The zero-order chi connectivity index (χ0) is 10.4. The molecule has 0 spiro atoms. The molecule has 0 bridgehead atoms. The first-order valence-electron chi connectivity index (χ1n) is 5.76. The summed E-state index contributed by atoms with van der Waals surface area (Å²) in [6, 6.07) is 0.435. The highest BCUT2D eigenvalue weighted by Gasteiger charge is 2.24. The molecular formula is C11H24N2O. The molecular weight excluding hydrogens is 176 g/mol. The molecule has 0 aromatic carbocycles. The summed E-state index contributed by atoms with van der Waals surface area (Å²) in [4.78, 5) is 2.34. The average molecular weight is 200 g/mol. The van der Waals surface area contributed by atoms with E-state index in [9.17, 15) is 0 Å². The van der Waals surface area contributed by atoms with Crippen LogP contribution in [0.4, 0.5) is 0 Å². The summed E-state index contributed by atoms with van der Waals surface area (Å²) >= 11 is 0. The SMILES string of the molecule is CCOCCN(C)CC1CCCC1N. The van der Waals surface area contributed by atoms with Gasteiger partial charge in [-0.15, -0.1) is 0 Å². The molecule has 1 aliphatic carbocycles. The van der Waals surface area contributed by atoms with E-state index in [0.29, 0.717) is 12.0 Å². The third kappa shape index (κ3) is 3.95. The Bertz CT molecular complexity index is 152. The Kier molecular flexibility index (Phi) is 5.45. The lowest BCUT2D eigenvalue weighted by molar-refractivity contribution is 0.116.